The second-order valence-corrected chi connectivity index (χ2v) is 23.5. The topological polar surface area (TPSA) is 43.9 Å². The summed E-state index contributed by atoms with van der Waals surface area (Å²) in [6.45, 7) is 18.5. The van der Waals surface area contributed by atoms with Gasteiger partial charge in [0.2, 0.25) is 0 Å². The Morgan fingerprint density at radius 3 is 2.03 bits per heavy atom. The summed E-state index contributed by atoms with van der Waals surface area (Å²) in [6.07, 6.45) is 3.07. The average molecular weight is 1040 g/mol. The first-order valence-electron chi connectivity index (χ1n) is 22.5. The van der Waals surface area contributed by atoms with Gasteiger partial charge in [-0.15, -0.1) is 54.1 Å². The van der Waals surface area contributed by atoms with Crippen molar-refractivity contribution in [3.8, 4) is 39.5 Å². The first kappa shape index (κ1) is 45.4. The van der Waals surface area contributed by atoms with Crippen LogP contribution in [0, 0.1) is 19.1 Å². The molecule has 0 spiro atoms. The number of hydrogen-bond acceptors (Lipinski definition) is 3. The number of para-hydroxylation sites is 3. The largest absolute Gasteiger partial charge is 0.501 e. The van der Waals surface area contributed by atoms with Crippen LogP contribution in [0.25, 0.3) is 72.4 Å². The van der Waals surface area contributed by atoms with Crippen molar-refractivity contribution in [2.45, 2.75) is 72.5 Å². The monoisotopic (exact) mass is 1040 g/mol. The van der Waals surface area contributed by atoms with Crippen molar-refractivity contribution < 1.29 is 24.5 Å². The van der Waals surface area contributed by atoms with Crippen molar-refractivity contribution in [1.29, 1.82) is 0 Å². The molecule has 1 radical (unpaired) electrons. The number of fused-ring (bicyclic) bond motifs is 4. The fourth-order valence-electron chi connectivity index (χ4n) is 8.92. The van der Waals surface area contributed by atoms with Crippen LogP contribution >= 0.6 is 0 Å². The quantitative estimate of drug-likeness (QED) is 0.107. The van der Waals surface area contributed by atoms with E-state index in [0.29, 0.717) is 11.8 Å². The number of imidazole rings is 1. The van der Waals surface area contributed by atoms with Crippen LogP contribution in [0.1, 0.15) is 67.3 Å². The third kappa shape index (κ3) is 9.22. The minimum atomic E-state index is -1.45. The zero-order valence-corrected chi connectivity index (χ0v) is 41.9. The van der Waals surface area contributed by atoms with E-state index in [1.165, 1.54) is 49.8 Å². The summed E-state index contributed by atoms with van der Waals surface area (Å²) in [5.41, 5.74) is 17.1. The standard InChI is InChI=1S/C37H31N2O.C22H24NSi.Ir/c1-23(2)30-21-26(25-13-6-5-7-14-25)22-31(24(3)4)35(30)39-33-19-10-9-18-32(33)38-37(39)29-17-12-16-28-27-15-8-11-20-34(27)40-36(28)29;1-17-10-8-9-13-19(17)14-20-15-21(18-11-6-5-7-12-18)23-16-22(20)24(2,3)4;/h5-16,18-24H,1-4H3;5-11,13,15-16H,14H2,1-4H3;/q2*-1;. The van der Waals surface area contributed by atoms with E-state index in [9.17, 15) is 0 Å². The Kier molecular flexibility index (Phi) is 13.4. The maximum atomic E-state index is 6.47. The number of pyridine rings is 1. The number of nitrogens with zero attached hydrogens (tertiary/aromatic N) is 3. The summed E-state index contributed by atoms with van der Waals surface area (Å²) in [5, 5.41) is 3.63. The first-order valence-corrected chi connectivity index (χ1v) is 26.0. The normalized spacial score (nSPS) is 11.6. The second kappa shape index (κ2) is 19.1. The molecule has 0 N–H and O–H groups in total. The van der Waals surface area contributed by atoms with Crippen LogP contribution in [0.4, 0.5) is 0 Å². The molecule has 10 rings (SSSR count). The third-order valence-electron chi connectivity index (χ3n) is 12.3. The summed E-state index contributed by atoms with van der Waals surface area (Å²) in [6, 6.07) is 61.9. The van der Waals surface area contributed by atoms with Crippen molar-refractivity contribution in [2.24, 2.45) is 0 Å². The van der Waals surface area contributed by atoms with Crippen molar-refractivity contribution in [1.82, 2.24) is 14.5 Å². The molecule has 4 nitrogen and oxygen atoms in total. The minimum absolute atomic E-state index is 0. The molecular weight excluding hydrogens is 987 g/mol. The van der Waals surface area contributed by atoms with Gasteiger partial charge in [-0.2, -0.15) is 0 Å². The van der Waals surface area contributed by atoms with Gasteiger partial charge in [-0.25, -0.2) is 0 Å². The van der Waals surface area contributed by atoms with Gasteiger partial charge in [-0.1, -0.05) is 149 Å². The molecule has 65 heavy (non-hydrogen) atoms. The fourth-order valence-corrected chi connectivity index (χ4v) is 10.5. The summed E-state index contributed by atoms with van der Waals surface area (Å²) < 4.78 is 8.83. The van der Waals surface area contributed by atoms with Crippen molar-refractivity contribution in [2.75, 3.05) is 0 Å². The molecule has 3 heterocycles. The Bertz CT molecular complexity index is 3220. The summed E-state index contributed by atoms with van der Waals surface area (Å²) in [5.74, 6) is 1.45. The van der Waals surface area contributed by atoms with Gasteiger partial charge in [0.15, 0.2) is 0 Å². The van der Waals surface area contributed by atoms with Crippen LogP contribution in [0.2, 0.25) is 19.6 Å². The molecule has 10 aromatic rings. The van der Waals surface area contributed by atoms with E-state index in [0.717, 1.165) is 62.0 Å². The van der Waals surface area contributed by atoms with Gasteiger partial charge in [0, 0.05) is 37.4 Å². The molecule has 0 bridgehead atoms. The van der Waals surface area contributed by atoms with Crippen LogP contribution in [0.5, 0.6) is 0 Å². The van der Waals surface area contributed by atoms with Gasteiger partial charge in [0.05, 0.1) is 30.5 Å². The van der Waals surface area contributed by atoms with Gasteiger partial charge < -0.3 is 14.0 Å². The molecular formula is C59H55IrN3OSi-2. The molecule has 327 valence electrons. The predicted molar refractivity (Wildman–Crippen MR) is 272 cm³/mol. The molecule has 0 saturated carbocycles. The molecule has 0 aliphatic heterocycles. The molecule has 0 aliphatic rings. The molecule has 3 aromatic heterocycles. The van der Waals surface area contributed by atoms with Gasteiger partial charge >= 0.3 is 0 Å². The van der Waals surface area contributed by atoms with E-state index >= 15 is 0 Å². The van der Waals surface area contributed by atoms with Crippen molar-refractivity contribution >= 4 is 46.2 Å². The molecule has 7 aromatic carbocycles. The van der Waals surface area contributed by atoms with Gasteiger partial charge in [-0.3, -0.25) is 4.98 Å². The van der Waals surface area contributed by atoms with Gasteiger partial charge in [-0.05, 0) is 105 Å². The van der Waals surface area contributed by atoms with E-state index in [-0.39, 0.29) is 20.1 Å². The maximum Gasteiger partial charge on any atom is 0.120 e. The Morgan fingerprint density at radius 2 is 1.32 bits per heavy atom. The Balaban J connectivity index is 0.000000198. The van der Waals surface area contributed by atoms with Crippen LogP contribution in [-0.4, -0.2) is 22.6 Å². The van der Waals surface area contributed by atoms with E-state index in [1.807, 2.05) is 36.4 Å². The average Bonchev–Trinajstić information content (AvgIpc) is 3.89. The molecule has 0 saturated heterocycles. The van der Waals surface area contributed by atoms with Crippen molar-refractivity contribution in [3.05, 3.63) is 204 Å². The third-order valence-corrected chi connectivity index (χ3v) is 14.4. The number of benzene rings is 7. The molecule has 6 heteroatoms. The molecule has 0 amide bonds. The zero-order chi connectivity index (χ0) is 44.5. The van der Waals surface area contributed by atoms with E-state index in [2.05, 4.69) is 198 Å². The Labute approximate surface area is 398 Å². The van der Waals surface area contributed by atoms with E-state index in [1.54, 1.807) is 0 Å². The number of rotatable bonds is 9. The minimum Gasteiger partial charge on any atom is -0.501 e. The summed E-state index contributed by atoms with van der Waals surface area (Å²) in [7, 11) is -1.45. The first-order chi connectivity index (χ1) is 31.0. The molecule has 0 atom stereocenters. The van der Waals surface area contributed by atoms with Crippen LogP contribution in [-0.2, 0) is 26.5 Å². The van der Waals surface area contributed by atoms with Crippen LogP contribution < -0.4 is 5.19 Å². The Hall–Kier alpha value is -6.17. The number of aryl methyl sites for hydroxylation is 1. The number of hydrogen-bond donors (Lipinski definition) is 0. The summed E-state index contributed by atoms with van der Waals surface area (Å²) in [4.78, 5) is 9.98. The van der Waals surface area contributed by atoms with E-state index in [4.69, 9.17) is 14.4 Å². The summed E-state index contributed by atoms with van der Waals surface area (Å²) >= 11 is 0. The van der Waals surface area contributed by atoms with Gasteiger partial charge in [0.25, 0.3) is 0 Å². The molecule has 0 fully saturated rings. The zero-order valence-electron chi connectivity index (χ0n) is 38.5. The fraction of sp³-hybridized carbons (Fsp3) is 0.186. The van der Waals surface area contributed by atoms with Crippen LogP contribution in [0.3, 0.4) is 0 Å². The second-order valence-electron chi connectivity index (χ2n) is 18.5. The maximum absolute atomic E-state index is 6.47. The van der Waals surface area contributed by atoms with Gasteiger partial charge in [0.1, 0.15) is 5.58 Å². The smallest absolute Gasteiger partial charge is 0.120 e. The predicted octanol–water partition coefficient (Wildman–Crippen LogP) is 15.3. The molecule has 0 unspecified atom stereocenters. The number of furan rings is 1. The Morgan fingerprint density at radius 1 is 0.646 bits per heavy atom. The number of aromatic nitrogens is 3. The molecule has 0 aliphatic carbocycles. The van der Waals surface area contributed by atoms with Crippen LogP contribution in [0.15, 0.2) is 168 Å². The van der Waals surface area contributed by atoms with Crippen molar-refractivity contribution in [3.63, 3.8) is 0 Å². The van der Waals surface area contributed by atoms with E-state index < -0.39 is 8.07 Å². The SMILES string of the molecule is CC(C)c1cc(-c2ccccc2)cc(C(C)C)c1-n1c(-c2[c-]ccc3c2oc2ccccc23)nc2ccccc21.Cc1ccccc1Cc1cc(-c2[c-]cccc2)ncc1[Si](C)(C)C.[Ir].